The normalized spacial score (nSPS) is 26.4. The van der Waals surface area contributed by atoms with Crippen molar-refractivity contribution in [2.45, 2.75) is 30.5 Å². The van der Waals surface area contributed by atoms with Gasteiger partial charge in [-0.2, -0.15) is 4.31 Å². The van der Waals surface area contributed by atoms with Gasteiger partial charge in [-0.25, -0.2) is 8.42 Å². The molecule has 0 atom stereocenters. The minimum Gasteiger partial charge on any atom is -0.393 e. The van der Waals surface area contributed by atoms with Crippen LogP contribution in [-0.2, 0) is 21.4 Å². The molecule has 3 heterocycles. The van der Waals surface area contributed by atoms with E-state index in [4.69, 9.17) is 17.0 Å². The van der Waals surface area contributed by atoms with Gasteiger partial charge in [-0.1, -0.05) is 12.2 Å². The molecule has 2 aliphatic heterocycles. The molecule has 0 bridgehead atoms. The maximum atomic E-state index is 12.8. The summed E-state index contributed by atoms with van der Waals surface area (Å²) in [4.78, 5) is 1.58. The fourth-order valence-corrected chi connectivity index (χ4v) is 4.75. The molecule has 2 saturated heterocycles. The van der Waals surface area contributed by atoms with E-state index in [9.17, 15) is 13.5 Å². The summed E-state index contributed by atoms with van der Waals surface area (Å²) in [6.45, 7) is 3.97. The molecule has 24 heavy (non-hydrogen) atoms. The number of hydrogen-bond donors (Lipinski definition) is 2. The number of morpholine rings is 1. The average molecular weight is 375 g/mol. The van der Waals surface area contributed by atoms with Crippen LogP contribution in [0.1, 0.15) is 12.8 Å². The summed E-state index contributed by atoms with van der Waals surface area (Å²) in [6, 6.07) is 3.26. The lowest BCUT2D eigenvalue weighted by molar-refractivity contribution is -0.928. The van der Waals surface area contributed by atoms with E-state index in [1.165, 1.54) is 9.21 Å². The Balaban J connectivity index is 1.79. The molecule has 1 aromatic rings. The lowest BCUT2D eigenvalue weighted by Crippen LogP contribution is -3.12. The Morgan fingerprint density at radius 3 is 2.58 bits per heavy atom. The van der Waals surface area contributed by atoms with E-state index in [2.05, 4.69) is 0 Å². The van der Waals surface area contributed by atoms with Crippen molar-refractivity contribution in [1.82, 2.24) is 8.87 Å². The third kappa shape index (κ3) is 4.04. The standard InChI is InChI=1S/C15H23N3O4S2/c19-13-3-5-16(6-4-13)12-17-11-14(1-2-15(17)23)24(20,21)18-7-9-22-10-8-18/h1-2,11,13,19H,3-10,12H2/p+1. The van der Waals surface area contributed by atoms with E-state index in [1.807, 2.05) is 4.57 Å². The van der Waals surface area contributed by atoms with Crippen LogP contribution in [0, 0.1) is 4.64 Å². The summed E-state index contributed by atoms with van der Waals surface area (Å²) in [6.07, 6.45) is 2.98. The second-order valence-corrected chi connectivity index (χ2v) is 8.68. The molecule has 2 N–H and O–H groups in total. The molecule has 2 aliphatic rings. The Kier molecular flexibility index (Phi) is 5.68. The number of rotatable bonds is 4. The second kappa shape index (κ2) is 7.59. The molecule has 134 valence electrons. The summed E-state index contributed by atoms with van der Waals surface area (Å²) in [7, 11) is -3.51. The lowest BCUT2D eigenvalue weighted by Gasteiger charge is -2.28. The van der Waals surface area contributed by atoms with E-state index in [1.54, 1.807) is 18.3 Å². The Hall–Kier alpha value is -0.840. The van der Waals surface area contributed by atoms with E-state index in [0.29, 0.717) is 37.6 Å². The van der Waals surface area contributed by atoms with E-state index in [0.717, 1.165) is 25.9 Å². The Morgan fingerprint density at radius 1 is 1.25 bits per heavy atom. The zero-order valence-corrected chi connectivity index (χ0v) is 15.2. The van der Waals surface area contributed by atoms with Crippen LogP contribution in [0.5, 0.6) is 0 Å². The number of quaternary nitrogens is 1. The summed E-state index contributed by atoms with van der Waals surface area (Å²) in [5.74, 6) is 0. The number of sulfonamides is 1. The molecule has 7 nitrogen and oxygen atoms in total. The second-order valence-electron chi connectivity index (χ2n) is 6.33. The predicted octanol–water partition coefficient (Wildman–Crippen LogP) is -0.764. The molecule has 0 radical (unpaired) electrons. The van der Waals surface area contributed by atoms with Crippen LogP contribution >= 0.6 is 12.2 Å². The quantitative estimate of drug-likeness (QED) is 0.678. The highest BCUT2D eigenvalue weighted by molar-refractivity contribution is 7.89. The van der Waals surface area contributed by atoms with E-state index in [-0.39, 0.29) is 11.0 Å². The van der Waals surface area contributed by atoms with Gasteiger partial charge in [-0.05, 0) is 12.1 Å². The lowest BCUT2D eigenvalue weighted by atomic mass is 10.1. The van der Waals surface area contributed by atoms with Gasteiger partial charge in [-0.3, -0.25) is 4.57 Å². The minimum atomic E-state index is -3.51. The zero-order valence-electron chi connectivity index (χ0n) is 13.6. The summed E-state index contributed by atoms with van der Waals surface area (Å²) in [5.41, 5.74) is 0. The van der Waals surface area contributed by atoms with Crippen molar-refractivity contribution in [3.8, 4) is 0 Å². The summed E-state index contributed by atoms with van der Waals surface area (Å²) in [5, 5.41) is 9.61. The van der Waals surface area contributed by atoms with Crippen molar-refractivity contribution in [2.24, 2.45) is 0 Å². The largest absolute Gasteiger partial charge is 0.393 e. The van der Waals surface area contributed by atoms with Crippen molar-refractivity contribution in [1.29, 1.82) is 0 Å². The number of aliphatic hydroxyl groups excluding tert-OH is 1. The monoisotopic (exact) mass is 374 g/mol. The predicted molar refractivity (Wildman–Crippen MR) is 90.8 cm³/mol. The van der Waals surface area contributed by atoms with Crippen molar-refractivity contribution < 1.29 is 23.2 Å². The molecule has 2 fully saturated rings. The third-order valence-corrected chi connectivity index (χ3v) is 6.87. The van der Waals surface area contributed by atoms with Gasteiger partial charge in [0.25, 0.3) is 0 Å². The van der Waals surface area contributed by atoms with Gasteiger partial charge in [0, 0.05) is 32.1 Å². The number of nitrogens with one attached hydrogen (secondary N) is 1. The summed E-state index contributed by atoms with van der Waals surface area (Å²) < 4.78 is 34.7. The topological polar surface area (TPSA) is 76.2 Å². The molecular formula is C15H24N3O4S2+. The fourth-order valence-electron chi connectivity index (χ4n) is 3.13. The number of pyridine rings is 1. The molecule has 3 rings (SSSR count). The summed E-state index contributed by atoms with van der Waals surface area (Å²) >= 11 is 5.35. The van der Waals surface area contributed by atoms with Crippen LogP contribution in [-0.4, -0.2) is 67.9 Å². The van der Waals surface area contributed by atoms with Crippen LogP contribution in [0.4, 0.5) is 0 Å². The molecule has 0 saturated carbocycles. The van der Waals surface area contributed by atoms with Crippen molar-refractivity contribution in [3.63, 3.8) is 0 Å². The highest BCUT2D eigenvalue weighted by Gasteiger charge is 2.27. The number of ether oxygens (including phenoxy) is 1. The van der Waals surface area contributed by atoms with Crippen LogP contribution in [0.3, 0.4) is 0 Å². The molecule has 0 amide bonds. The molecule has 0 aliphatic carbocycles. The van der Waals surface area contributed by atoms with E-state index < -0.39 is 10.0 Å². The van der Waals surface area contributed by atoms with Gasteiger partial charge in [0.05, 0.1) is 37.3 Å². The molecule has 0 unspecified atom stereocenters. The smallest absolute Gasteiger partial charge is 0.244 e. The SMILES string of the molecule is O=S(=O)(c1ccc(=S)n(C[NH+]2CCC(O)CC2)c1)N1CCOCC1. The Morgan fingerprint density at radius 2 is 1.92 bits per heavy atom. The van der Waals surface area contributed by atoms with Crippen molar-refractivity contribution in [2.75, 3.05) is 39.4 Å². The van der Waals surface area contributed by atoms with E-state index >= 15 is 0 Å². The Bertz CT molecular complexity index is 720. The number of aromatic nitrogens is 1. The first-order valence-electron chi connectivity index (χ1n) is 8.27. The first-order valence-corrected chi connectivity index (χ1v) is 10.1. The van der Waals surface area contributed by atoms with Gasteiger partial charge in [-0.15, -0.1) is 0 Å². The van der Waals surface area contributed by atoms with Crippen LogP contribution in [0.25, 0.3) is 0 Å². The number of nitrogens with zero attached hydrogens (tertiary/aromatic N) is 2. The number of hydrogen-bond acceptors (Lipinski definition) is 5. The van der Waals surface area contributed by atoms with Crippen molar-refractivity contribution >= 4 is 22.2 Å². The molecule has 1 aromatic heterocycles. The minimum absolute atomic E-state index is 0.213. The van der Waals surface area contributed by atoms with Gasteiger partial charge in [0.15, 0.2) is 6.67 Å². The highest BCUT2D eigenvalue weighted by Crippen LogP contribution is 2.16. The van der Waals surface area contributed by atoms with Gasteiger partial charge in [0.2, 0.25) is 10.0 Å². The molecule has 0 spiro atoms. The first-order chi connectivity index (χ1) is 11.5. The molecule has 9 heteroatoms. The highest BCUT2D eigenvalue weighted by atomic mass is 32.2. The molecular weight excluding hydrogens is 350 g/mol. The zero-order chi connectivity index (χ0) is 17.2. The third-order valence-electron chi connectivity index (χ3n) is 4.62. The maximum absolute atomic E-state index is 12.8. The maximum Gasteiger partial charge on any atom is 0.244 e. The van der Waals surface area contributed by atoms with Gasteiger partial charge < -0.3 is 14.7 Å². The Labute approximate surface area is 147 Å². The van der Waals surface area contributed by atoms with Crippen LogP contribution in [0.2, 0.25) is 0 Å². The number of piperidine rings is 1. The fraction of sp³-hybridized carbons (Fsp3) is 0.667. The van der Waals surface area contributed by atoms with Crippen molar-refractivity contribution in [3.05, 3.63) is 23.0 Å². The van der Waals surface area contributed by atoms with Crippen LogP contribution in [0.15, 0.2) is 23.2 Å². The van der Waals surface area contributed by atoms with Crippen LogP contribution < -0.4 is 4.90 Å². The van der Waals surface area contributed by atoms with Gasteiger partial charge >= 0.3 is 0 Å². The van der Waals surface area contributed by atoms with Gasteiger partial charge in [0.1, 0.15) is 4.64 Å². The number of aliphatic hydroxyl groups is 1. The average Bonchev–Trinajstić information content (AvgIpc) is 2.59. The molecule has 0 aromatic carbocycles. The number of likely N-dealkylation sites (tertiary alicyclic amines) is 1. The first kappa shape index (κ1) is 18.0.